The molecule has 0 atom stereocenters. The summed E-state index contributed by atoms with van der Waals surface area (Å²) in [6, 6.07) is 0. The number of rotatable bonds is 2. The van der Waals surface area contributed by atoms with Crippen LogP contribution in [0.2, 0.25) is 0 Å². The molecule has 0 radical (unpaired) electrons. The van der Waals surface area contributed by atoms with Crippen LogP contribution in [0.25, 0.3) is 0 Å². The Morgan fingerprint density at radius 1 is 1.40 bits per heavy atom. The number of nitrogens with zero attached hydrogens (tertiary/aromatic N) is 1. The zero-order valence-electron chi connectivity index (χ0n) is 5.95. The zero-order valence-corrected chi connectivity index (χ0v) is 6.76. The van der Waals surface area contributed by atoms with E-state index in [1.165, 1.54) is 9.71 Å². The first kappa shape index (κ1) is 7.75. The monoisotopic (exact) mass is 161 g/mol. The Morgan fingerprint density at radius 3 is 2.30 bits per heavy atom. The van der Waals surface area contributed by atoms with Crippen molar-refractivity contribution in [2.24, 2.45) is 0 Å². The van der Waals surface area contributed by atoms with E-state index < -0.39 is 10.0 Å². The van der Waals surface area contributed by atoms with E-state index in [1.54, 1.807) is 13.0 Å². The van der Waals surface area contributed by atoms with E-state index in [1.807, 2.05) is 0 Å². The predicted molar refractivity (Wildman–Crippen MR) is 39.9 cm³/mol. The first-order valence-corrected chi connectivity index (χ1v) is 4.80. The van der Waals surface area contributed by atoms with Gasteiger partial charge in [-0.05, 0) is 13.3 Å². The summed E-state index contributed by atoms with van der Waals surface area (Å²) in [5, 5.41) is 1.24. The van der Waals surface area contributed by atoms with Gasteiger partial charge in [0.05, 0.1) is 0 Å². The number of allylic oxidation sites excluding steroid dienone is 1. The molecule has 1 aliphatic rings. The molecule has 0 N–H and O–H groups in total. The average Bonchev–Trinajstić information content (AvgIpc) is 1.56. The maximum Gasteiger partial charge on any atom is 0.235 e. The fraction of sp³-hybridized carbons (Fsp3) is 0.667. The fourth-order valence-corrected chi connectivity index (χ4v) is 2.08. The van der Waals surface area contributed by atoms with E-state index in [2.05, 4.69) is 0 Å². The largest absolute Gasteiger partial charge is 0.235 e. The van der Waals surface area contributed by atoms with Gasteiger partial charge in [0.2, 0.25) is 10.0 Å². The highest BCUT2D eigenvalue weighted by atomic mass is 32.2. The molecule has 0 aromatic carbocycles. The van der Waals surface area contributed by atoms with Gasteiger partial charge in [-0.15, -0.1) is 0 Å². The third kappa shape index (κ3) is 1.38. The standard InChI is InChI=1S/C6H11NO2S/c1-2-6-10(8,9)7-4-3-5-7/h2,6H,3-5H2,1H3. The molecule has 1 heterocycles. The minimum Gasteiger partial charge on any atom is -0.208 e. The summed E-state index contributed by atoms with van der Waals surface area (Å²) in [6.07, 6.45) is 2.55. The molecule has 1 rings (SSSR count). The second-order valence-electron chi connectivity index (χ2n) is 2.27. The van der Waals surface area contributed by atoms with Crippen molar-refractivity contribution < 1.29 is 8.42 Å². The summed E-state index contributed by atoms with van der Waals surface area (Å²) >= 11 is 0. The third-order valence-corrected chi connectivity index (χ3v) is 3.18. The third-order valence-electron chi connectivity index (χ3n) is 1.48. The van der Waals surface area contributed by atoms with E-state index in [9.17, 15) is 8.42 Å². The van der Waals surface area contributed by atoms with Gasteiger partial charge in [0.15, 0.2) is 0 Å². The van der Waals surface area contributed by atoms with Gasteiger partial charge < -0.3 is 0 Å². The molecule has 10 heavy (non-hydrogen) atoms. The maximum absolute atomic E-state index is 11.1. The first-order valence-electron chi connectivity index (χ1n) is 3.29. The summed E-state index contributed by atoms with van der Waals surface area (Å²) in [6.45, 7) is 3.08. The minimum atomic E-state index is -3.02. The Kier molecular flexibility index (Phi) is 2.11. The number of hydrogen-bond donors (Lipinski definition) is 0. The van der Waals surface area contributed by atoms with Gasteiger partial charge in [-0.2, -0.15) is 4.31 Å². The molecule has 4 heteroatoms. The highest BCUT2D eigenvalue weighted by molar-refractivity contribution is 7.92. The molecule has 0 amide bonds. The summed E-state index contributed by atoms with van der Waals surface area (Å²) < 4.78 is 23.6. The predicted octanol–water partition coefficient (Wildman–Crippen LogP) is 0.555. The second-order valence-corrected chi connectivity index (χ2v) is 4.09. The highest BCUT2D eigenvalue weighted by Gasteiger charge is 2.24. The maximum atomic E-state index is 11.1. The summed E-state index contributed by atoms with van der Waals surface area (Å²) in [5.41, 5.74) is 0. The Labute approximate surface area is 61.4 Å². The normalized spacial score (nSPS) is 21.3. The van der Waals surface area contributed by atoms with Crippen LogP contribution in [-0.4, -0.2) is 25.8 Å². The van der Waals surface area contributed by atoms with Crippen molar-refractivity contribution in [1.29, 1.82) is 0 Å². The van der Waals surface area contributed by atoms with Crippen LogP contribution in [-0.2, 0) is 10.0 Å². The molecule has 3 nitrogen and oxygen atoms in total. The van der Waals surface area contributed by atoms with Gasteiger partial charge in [-0.3, -0.25) is 0 Å². The lowest BCUT2D eigenvalue weighted by molar-refractivity contribution is 0.313. The van der Waals surface area contributed by atoms with Crippen LogP contribution < -0.4 is 0 Å². The smallest absolute Gasteiger partial charge is 0.208 e. The topological polar surface area (TPSA) is 37.4 Å². The van der Waals surface area contributed by atoms with E-state index in [0.29, 0.717) is 13.1 Å². The van der Waals surface area contributed by atoms with Crippen molar-refractivity contribution >= 4 is 10.0 Å². The van der Waals surface area contributed by atoms with E-state index in [4.69, 9.17) is 0 Å². The quantitative estimate of drug-likeness (QED) is 0.593. The van der Waals surface area contributed by atoms with Gasteiger partial charge in [0.1, 0.15) is 0 Å². The van der Waals surface area contributed by atoms with Crippen molar-refractivity contribution in [3.63, 3.8) is 0 Å². The van der Waals surface area contributed by atoms with Crippen molar-refractivity contribution in [1.82, 2.24) is 4.31 Å². The molecular weight excluding hydrogens is 150 g/mol. The SMILES string of the molecule is CC=CS(=O)(=O)N1CCC1. The van der Waals surface area contributed by atoms with E-state index in [0.717, 1.165) is 6.42 Å². The molecule has 58 valence electrons. The molecule has 1 saturated heterocycles. The Bertz CT molecular complexity index is 226. The zero-order chi connectivity index (χ0) is 7.61. The van der Waals surface area contributed by atoms with E-state index >= 15 is 0 Å². The number of sulfonamides is 1. The van der Waals surface area contributed by atoms with Crippen LogP contribution >= 0.6 is 0 Å². The van der Waals surface area contributed by atoms with Gasteiger partial charge in [0, 0.05) is 18.5 Å². The lowest BCUT2D eigenvalue weighted by atomic mass is 10.3. The van der Waals surface area contributed by atoms with Crippen LogP contribution in [0.3, 0.4) is 0 Å². The molecule has 0 spiro atoms. The molecule has 1 aliphatic heterocycles. The van der Waals surface area contributed by atoms with E-state index in [-0.39, 0.29) is 0 Å². The van der Waals surface area contributed by atoms with Gasteiger partial charge >= 0.3 is 0 Å². The first-order chi connectivity index (χ1) is 4.67. The van der Waals surface area contributed by atoms with Crippen LogP contribution in [0.5, 0.6) is 0 Å². The lowest BCUT2D eigenvalue weighted by Gasteiger charge is -2.27. The Balaban J connectivity index is 2.67. The Hall–Kier alpha value is -0.350. The van der Waals surface area contributed by atoms with Crippen LogP contribution in [0.4, 0.5) is 0 Å². The summed E-state index contributed by atoms with van der Waals surface area (Å²) in [5.74, 6) is 0. The van der Waals surface area contributed by atoms with Gasteiger partial charge in [0.25, 0.3) is 0 Å². The number of hydrogen-bond acceptors (Lipinski definition) is 2. The van der Waals surface area contributed by atoms with Crippen molar-refractivity contribution in [3.05, 3.63) is 11.5 Å². The minimum absolute atomic E-state index is 0.687. The molecule has 0 saturated carbocycles. The van der Waals surface area contributed by atoms with Crippen LogP contribution in [0, 0.1) is 0 Å². The molecule has 1 fully saturated rings. The summed E-state index contributed by atoms with van der Waals surface area (Å²) in [7, 11) is -3.02. The summed E-state index contributed by atoms with van der Waals surface area (Å²) in [4.78, 5) is 0. The molecule has 0 aromatic rings. The molecule has 0 unspecified atom stereocenters. The van der Waals surface area contributed by atoms with Gasteiger partial charge in [-0.25, -0.2) is 8.42 Å². The van der Waals surface area contributed by atoms with Crippen LogP contribution in [0.1, 0.15) is 13.3 Å². The Morgan fingerprint density at radius 2 is 2.00 bits per heavy atom. The fourth-order valence-electron chi connectivity index (χ4n) is 0.800. The molecule has 0 aromatic heterocycles. The molecular formula is C6H11NO2S. The average molecular weight is 161 g/mol. The molecule has 0 aliphatic carbocycles. The van der Waals surface area contributed by atoms with Crippen LogP contribution in [0.15, 0.2) is 11.5 Å². The second kappa shape index (κ2) is 2.72. The van der Waals surface area contributed by atoms with Crippen molar-refractivity contribution in [2.75, 3.05) is 13.1 Å². The van der Waals surface area contributed by atoms with Crippen molar-refractivity contribution in [2.45, 2.75) is 13.3 Å². The highest BCUT2D eigenvalue weighted by Crippen LogP contribution is 2.12. The van der Waals surface area contributed by atoms with Gasteiger partial charge in [-0.1, -0.05) is 6.08 Å². The lowest BCUT2D eigenvalue weighted by Crippen LogP contribution is -2.40. The molecule has 0 bridgehead atoms. The van der Waals surface area contributed by atoms with Crippen molar-refractivity contribution in [3.8, 4) is 0 Å².